The van der Waals surface area contributed by atoms with E-state index in [1.54, 1.807) is 0 Å². The van der Waals surface area contributed by atoms with Crippen LogP contribution in [0.2, 0.25) is 0 Å². The molecule has 9 aromatic rings. The zero-order valence-corrected chi connectivity index (χ0v) is 32.4. The van der Waals surface area contributed by atoms with Crippen molar-refractivity contribution in [1.29, 1.82) is 0 Å². The van der Waals surface area contributed by atoms with Crippen molar-refractivity contribution in [3.05, 3.63) is 199 Å². The Hall–Kier alpha value is -6.64. The average molecular weight is 721 g/mol. The zero-order valence-electron chi connectivity index (χ0n) is 32.4. The van der Waals surface area contributed by atoms with Gasteiger partial charge in [-0.1, -0.05) is 179 Å². The summed E-state index contributed by atoms with van der Waals surface area (Å²) >= 11 is 0. The van der Waals surface area contributed by atoms with E-state index >= 15 is 0 Å². The molecule has 0 N–H and O–H groups in total. The van der Waals surface area contributed by atoms with Crippen LogP contribution < -0.4 is 0 Å². The minimum atomic E-state index is -0.352. The minimum Gasteiger partial charge on any atom is -0.309 e. The van der Waals surface area contributed by atoms with Crippen LogP contribution in [0, 0.1) is 5.92 Å². The van der Waals surface area contributed by atoms with E-state index < -0.39 is 0 Å². The molecule has 0 saturated carbocycles. The molecule has 2 aromatic heterocycles. The first-order valence-corrected chi connectivity index (χ1v) is 19.8. The molecule has 1 aliphatic rings. The second-order valence-corrected chi connectivity index (χ2v) is 16.0. The van der Waals surface area contributed by atoms with E-state index in [0.29, 0.717) is 5.92 Å². The molecule has 0 atom stereocenters. The van der Waals surface area contributed by atoms with Gasteiger partial charge in [-0.2, -0.15) is 0 Å². The lowest BCUT2D eigenvalue weighted by atomic mass is 9.71. The van der Waals surface area contributed by atoms with Gasteiger partial charge in [0.25, 0.3) is 0 Å². The molecule has 0 saturated heterocycles. The number of benzene rings is 7. The topological polar surface area (TPSA) is 9.86 Å². The summed E-state index contributed by atoms with van der Waals surface area (Å²) in [6.45, 7) is 9.44. The zero-order chi connectivity index (χ0) is 38.0. The van der Waals surface area contributed by atoms with E-state index in [4.69, 9.17) is 0 Å². The van der Waals surface area contributed by atoms with Gasteiger partial charge in [-0.05, 0) is 75.7 Å². The third kappa shape index (κ3) is 5.39. The van der Waals surface area contributed by atoms with Crippen LogP contribution in [0.25, 0.3) is 83.7 Å². The summed E-state index contributed by atoms with van der Waals surface area (Å²) in [5.74, 6) is 0.383. The number of para-hydroxylation sites is 2. The number of allylic oxidation sites excluding steroid dienone is 3. The van der Waals surface area contributed by atoms with Crippen molar-refractivity contribution in [1.82, 2.24) is 9.13 Å². The molecule has 0 unspecified atom stereocenters. The highest BCUT2D eigenvalue weighted by molar-refractivity contribution is 6.13. The fourth-order valence-electron chi connectivity index (χ4n) is 9.16. The second-order valence-electron chi connectivity index (χ2n) is 16.0. The maximum Gasteiger partial charge on any atom is 0.0617 e. The lowest BCUT2D eigenvalue weighted by Gasteiger charge is -2.33. The Balaban J connectivity index is 1.34. The highest BCUT2D eigenvalue weighted by Crippen LogP contribution is 2.51. The minimum absolute atomic E-state index is 0.352. The summed E-state index contributed by atoms with van der Waals surface area (Å²) in [7, 11) is 0. The van der Waals surface area contributed by atoms with E-state index in [1.165, 1.54) is 82.9 Å². The molecule has 2 nitrogen and oxygen atoms in total. The Bertz CT molecular complexity index is 2990. The number of fused-ring (bicyclic) bond motifs is 9. The van der Waals surface area contributed by atoms with Crippen LogP contribution in [0.1, 0.15) is 38.8 Å². The largest absolute Gasteiger partial charge is 0.309 e. The summed E-state index contributed by atoms with van der Waals surface area (Å²) in [5, 5.41) is 3.77. The highest BCUT2D eigenvalue weighted by atomic mass is 15.0. The molecule has 1 aliphatic carbocycles. The molecule has 0 bridgehead atoms. The maximum absolute atomic E-state index is 2.54. The number of nitrogens with zero attached hydrogens (tertiary/aromatic N) is 2. The molecule has 0 aliphatic heterocycles. The van der Waals surface area contributed by atoms with Gasteiger partial charge in [-0.15, -0.1) is 0 Å². The van der Waals surface area contributed by atoms with Crippen LogP contribution in [-0.2, 0) is 5.41 Å². The third-order valence-electron chi connectivity index (χ3n) is 11.7. The van der Waals surface area contributed by atoms with E-state index in [2.05, 4.69) is 225 Å². The van der Waals surface area contributed by atoms with Gasteiger partial charge in [0.15, 0.2) is 0 Å². The van der Waals surface area contributed by atoms with Crippen molar-refractivity contribution in [3.63, 3.8) is 0 Å². The van der Waals surface area contributed by atoms with Crippen LogP contribution in [0.5, 0.6) is 0 Å². The number of aromatic nitrogens is 2. The SMILES string of the molecule is CC(C)/C=C1/C=C\c2c(n(-c3ccc(-c4ccccc4)cc3)c3ccccc23)-c2ccc3c4ccccc4n(-c4cccc(-c5ccccc5)c4)c3c2C1(C)C. The van der Waals surface area contributed by atoms with Crippen molar-refractivity contribution in [2.24, 2.45) is 5.92 Å². The monoisotopic (exact) mass is 720 g/mol. The van der Waals surface area contributed by atoms with Gasteiger partial charge in [-0.3, -0.25) is 0 Å². The van der Waals surface area contributed by atoms with Gasteiger partial charge >= 0.3 is 0 Å². The number of hydrogen-bond donors (Lipinski definition) is 0. The van der Waals surface area contributed by atoms with Gasteiger partial charge in [0.05, 0.1) is 22.2 Å². The van der Waals surface area contributed by atoms with Crippen molar-refractivity contribution in [2.45, 2.75) is 33.1 Å². The molecular formula is C54H44N2. The molecule has 7 aromatic carbocycles. The summed E-state index contributed by atoms with van der Waals surface area (Å²) in [6, 6.07) is 62.2. The highest BCUT2D eigenvalue weighted by Gasteiger charge is 2.35. The lowest BCUT2D eigenvalue weighted by molar-refractivity contribution is 0.632. The summed E-state index contributed by atoms with van der Waals surface area (Å²) in [4.78, 5) is 0. The molecule has 56 heavy (non-hydrogen) atoms. The second kappa shape index (κ2) is 13.3. The van der Waals surface area contributed by atoms with Crippen molar-refractivity contribution < 1.29 is 0 Å². The number of rotatable bonds is 5. The fourth-order valence-corrected chi connectivity index (χ4v) is 9.16. The Morgan fingerprint density at radius 3 is 1.77 bits per heavy atom. The molecule has 2 heterocycles. The molecule has 0 fully saturated rings. The van der Waals surface area contributed by atoms with Gasteiger partial charge in [0, 0.05) is 44.1 Å². The average Bonchev–Trinajstić information content (AvgIpc) is 3.75. The van der Waals surface area contributed by atoms with Crippen LogP contribution in [0.15, 0.2) is 188 Å². The van der Waals surface area contributed by atoms with Gasteiger partial charge in [0.2, 0.25) is 0 Å². The first kappa shape index (κ1) is 33.9. The molecule has 0 amide bonds. The standard InChI is InChI=1S/C54H44N2/c1-36(2)34-41-28-31-46-44-22-11-13-24-49(44)55(42-29-26-39(27-30-42)37-16-7-5-8-17-37)52(46)48-33-32-47-45-23-12-14-25-50(45)56(53(47)51(48)54(41,3)4)43-21-15-20-40(35-43)38-18-9-6-10-19-38/h5-36H,1-4H3/b31-28-,41-34-. The predicted molar refractivity (Wildman–Crippen MR) is 239 cm³/mol. The first-order chi connectivity index (χ1) is 27.4. The lowest BCUT2D eigenvalue weighted by Crippen LogP contribution is -2.24. The van der Waals surface area contributed by atoms with Crippen LogP contribution in [0.4, 0.5) is 0 Å². The normalized spacial score (nSPS) is 14.9. The maximum atomic E-state index is 2.54. The van der Waals surface area contributed by atoms with Crippen molar-refractivity contribution in [2.75, 3.05) is 0 Å². The Morgan fingerprint density at radius 1 is 0.482 bits per heavy atom. The quantitative estimate of drug-likeness (QED) is 0.168. The summed E-state index contributed by atoms with van der Waals surface area (Å²) in [5.41, 5.74) is 16.8. The van der Waals surface area contributed by atoms with E-state index in [-0.39, 0.29) is 5.41 Å². The predicted octanol–water partition coefficient (Wildman–Crippen LogP) is 14.6. The third-order valence-corrected chi connectivity index (χ3v) is 11.7. The smallest absolute Gasteiger partial charge is 0.0617 e. The molecular weight excluding hydrogens is 677 g/mol. The molecule has 10 rings (SSSR count). The molecule has 270 valence electrons. The van der Waals surface area contributed by atoms with E-state index in [1.807, 2.05) is 0 Å². The Labute approximate surface area is 329 Å². The van der Waals surface area contributed by atoms with Crippen LogP contribution in [0.3, 0.4) is 0 Å². The Kier molecular flexibility index (Phi) is 8.04. The molecule has 2 heteroatoms. The molecule has 0 spiro atoms. The summed E-state index contributed by atoms with van der Waals surface area (Å²) < 4.78 is 5.04. The van der Waals surface area contributed by atoms with Gasteiger partial charge in [-0.25, -0.2) is 0 Å². The number of hydrogen-bond acceptors (Lipinski definition) is 0. The van der Waals surface area contributed by atoms with E-state index in [0.717, 1.165) is 11.4 Å². The fraction of sp³-hybridized carbons (Fsp3) is 0.111. The first-order valence-electron chi connectivity index (χ1n) is 19.8. The summed E-state index contributed by atoms with van der Waals surface area (Å²) in [6.07, 6.45) is 7.25. The van der Waals surface area contributed by atoms with Crippen molar-refractivity contribution >= 4 is 38.8 Å². The van der Waals surface area contributed by atoms with Crippen LogP contribution in [-0.4, -0.2) is 9.13 Å². The Morgan fingerprint density at radius 2 is 1.07 bits per heavy atom. The van der Waals surface area contributed by atoms with Crippen LogP contribution >= 0.6 is 0 Å². The van der Waals surface area contributed by atoms with E-state index in [9.17, 15) is 0 Å². The van der Waals surface area contributed by atoms with Crippen molar-refractivity contribution in [3.8, 4) is 44.9 Å². The van der Waals surface area contributed by atoms with Gasteiger partial charge in [0.1, 0.15) is 0 Å². The molecule has 0 radical (unpaired) electrons. The van der Waals surface area contributed by atoms with Gasteiger partial charge < -0.3 is 9.13 Å².